The number of rotatable bonds is 6. The molecule has 0 aromatic carbocycles. The van der Waals surface area contributed by atoms with E-state index in [0.717, 1.165) is 9.39 Å². The molecule has 1 aromatic heterocycles. The summed E-state index contributed by atoms with van der Waals surface area (Å²) in [6.07, 6.45) is 3.86. The quantitative estimate of drug-likeness (QED) is 0.761. The minimum atomic E-state index is 0.0726. The van der Waals surface area contributed by atoms with E-state index in [0.29, 0.717) is 13.0 Å². The van der Waals surface area contributed by atoms with E-state index < -0.39 is 0 Å². The van der Waals surface area contributed by atoms with Gasteiger partial charge in [-0.05, 0) is 29.0 Å². The summed E-state index contributed by atoms with van der Waals surface area (Å²) >= 11 is 2.16. The molecule has 0 saturated carbocycles. The van der Waals surface area contributed by atoms with Crippen LogP contribution in [0.25, 0.3) is 0 Å². The highest BCUT2D eigenvalue weighted by Gasteiger charge is 2.10. The molecule has 0 bridgehead atoms. The molecule has 6 heteroatoms. The third-order valence-corrected chi connectivity index (χ3v) is 2.64. The predicted octanol–water partition coefficient (Wildman–Crippen LogP) is 0.890. The van der Waals surface area contributed by atoms with Crippen molar-refractivity contribution < 1.29 is 9.84 Å². The number of aromatic nitrogens is 2. The standard InChI is InChI=1S/C9H14IN3O2/c1-15-5-7(2-3-14)13-9-8(10)4-11-6-12-9/h4,6-7,14H,2-3,5H2,1H3,(H,11,12,13). The van der Waals surface area contributed by atoms with Crippen molar-refractivity contribution in [3.63, 3.8) is 0 Å². The average molecular weight is 323 g/mol. The Morgan fingerprint density at radius 2 is 2.47 bits per heavy atom. The van der Waals surface area contributed by atoms with Crippen LogP contribution in [0, 0.1) is 3.57 Å². The highest BCUT2D eigenvalue weighted by molar-refractivity contribution is 14.1. The predicted molar refractivity (Wildman–Crippen MR) is 65.7 cm³/mol. The number of hydrogen-bond acceptors (Lipinski definition) is 5. The zero-order valence-electron chi connectivity index (χ0n) is 8.48. The van der Waals surface area contributed by atoms with Crippen molar-refractivity contribution >= 4 is 28.4 Å². The van der Waals surface area contributed by atoms with Crippen LogP contribution in [0.5, 0.6) is 0 Å². The first-order valence-electron chi connectivity index (χ1n) is 4.59. The van der Waals surface area contributed by atoms with Crippen molar-refractivity contribution in [3.8, 4) is 0 Å². The fourth-order valence-electron chi connectivity index (χ4n) is 1.17. The Bertz CT molecular complexity index is 292. The highest BCUT2D eigenvalue weighted by atomic mass is 127. The number of methoxy groups -OCH3 is 1. The molecular formula is C9H14IN3O2. The molecule has 0 amide bonds. The first-order valence-corrected chi connectivity index (χ1v) is 5.67. The normalized spacial score (nSPS) is 12.5. The van der Waals surface area contributed by atoms with Crippen LogP contribution >= 0.6 is 22.6 Å². The van der Waals surface area contributed by atoms with Crippen molar-refractivity contribution in [3.05, 3.63) is 16.1 Å². The Kier molecular flexibility index (Phi) is 5.81. The summed E-state index contributed by atoms with van der Waals surface area (Å²) in [5.41, 5.74) is 0. The number of aliphatic hydroxyl groups excluding tert-OH is 1. The molecule has 1 heterocycles. The molecule has 0 aliphatic heterocycles. The molecule has 0 aliphatic carbocycles. The molecule has 1 unspecified atom stereocenters. The van der Waals surface area contributed by atoms with Gasteiger partial charge in [0, 0.05) is 19.9 Å². The largest absolute Gasteiger partial charge is 0.396 e. The molecule has 1 aromatic rings. The zero-order chi connectivity index (χ0) is 11.1. The summed E-state index contributed by atoms with van der Waals surface area (Å²) in [6, 6.07) is 0.0726. The lowest BCUT2D eigenvalue weighted by Gasteiger charge is -2.17. The maximum Gasteiger partial charge on any atom is 0.143 e. The molecule has 0 radical (unpaired) electrons. The zero-order valence-corrected chi connectivity index (χ0v) is 10.6. The minimum absolute atomic E-state index is 0.0726. The molecular weight excluding hydrogens is 309 g/mol. The van der Waals surface area contributed by atoms with Crippen molar-refractivity contribution in [2.24, 2.45) is 0 Å². The van der Waals surface area contributed by atoms with E-state index in [1.54, 1.807) is 13.3 Å². The van der Waals surface area contributed by atoms with E-state index in [1.807, 2.05) is 0 Å². The molecule has 84 valence electrons. The molecule has 1 rings (SSSR count). The number of halogens is 1. The van der Waals surface area contributed by atoms with Gasteiger partial charge in [0.1, 0.15) is 12.1 Å². The average Bonchev–Trinajstić information content (AvgIpc) is 2.22. The summed E-state index contributed by atoms with van der Waals surface area (Å²) in [6.45, 7) is 0.670. The molecule has 0 spiro atoms. The minimum Gasteiger partial charge on any atom is -0.396 e. The third kappa shape index (κ3) is 4.27. The number of hydrogen-bond donors (Lipinski definition) is 2. The van der Waals surface area contributed by atoms with E-state index in [2.05, 4.69) is 37.9 Å². The molecule has 1 atom stereocenters. The second-order valence-corrected chi connectivity index (χ2v) is 4.19. The topological polar surface area (TPSA) is 67.3 Å². The van der Waals surface area contributed by atoms with Gasteiger partial charge in [0.05, 0.1) is 16.2 Å². The van der Waals surface area contributed by atoms with Gasteiger partial charge in [0.2, 0.25) is 0 Å². The SMILES string of the molecule is COCC(CCO)Nc1ncncc1I. The Labute approximate surface area is 102 Å². The monoisotopic (exact) mass is 323 g/mol. The van der Waals surface area contributed by atoms with Gasteiger partial charge < -0.3 is 15.2 Å². The van der Waals surface area contributed by atoms with Crippen LogP contribution in [-0.2, 0) is 4.74 Å². The number of nitrogens with one attached hydrogen (secondary N) is 1. The molecule has 2 N–H and O–H groups in total. The molecule has 15 heavy (non-hydrogen) atoms. The first kappa shape index (κ1) is 12.6. The molecule has 0 saturated heterocycles. The summed E-state index contributed by atoms with van der Waals surface area (Å²) in [7, 11) is 1.64. The van der Waals surface area contributed by atoms with Crippen LogP contribution in [0.15, 0.2) is 12.5 Å². The van der Waals surface area contributed by atoms with E-state index in [4.69, 9.17) is 9.84 Å². The smallest absolute Gasteiger partial charge is 0.143 e. The van der Waals surface area contributed by atoms with Gasteiger partial charge >= 0.3 is 0 Å². The number of aliphatic hydroxyl groups is 1. The lowest BCUT2D eigenvalue weighted by atomic mass is 10.2. The van der Waals surface area contributed by atoms with Gasteiger partial charge in [-0.1, -0.05) is 0 Å². The molecule has 0 fully saturated rings. The second kappa shape index (κ2) is 6.91. The van der Waals surface area contributed by atoms with Gasteiger partial charge in [-0.25, -0.2) is 9.97 Å². The van der Waals surface area contributed by atoms with Crippen LogP contribution in [0.4, 0.5) is 5.82 Å². The Morgan fingerprint density at radius 3 is 3.07 bits per heavy atom. The number of anilines is 1. The van der Waals surface area contributed by atoms with E-state index >= 15 is 0 Å². The van der Waals surface area contributed by atoms with Crippen molar-refractivity contribution in [1.29, 1.82) is 0 Å². The maximum absolute atomic E-state index is 8.88. The van der Waals surface area contributed by atoms with E-state index in [-0.39, 0.29) is 12.6 Å². The van der Waals surface area contributed by atoms with Crippen LogP contribution < -0.4 is 5.32 Å². The maximum atomic E-state index is 8.88. The van der Waals surface area contributed by atoms with Crippen LogP contribution in [-0.4, -0.2) is 41.4 Å². The molecule has 5 nitrogen and oxygen atoms in total. The lowest BCUT2D eigenvalue weighted by Crippen LogP contribution is -2.27. The van der Waals surface area contributed by atoms with Crippen molar-refractivity contribution in [1.82, 2.24) is 9.97 Å². The van der Waals surface area contributed by atoms with Crippen LogP contribution in [0.1, 0.15) is 6.42 Å². The number of nitrogens with zero attached hydrogens (tertiary/aromatic N) is 2. The van der Waals surface area contributed by atoms with Crippen LogP contribution in [0.3, 0.4) is 0 Å². The van der Waals surface area contributed by atoms with Crippen molar-refractivity contribution in [2.45, 2.75) is 12.5 Å². The summed E-state index contributed by atoms with van der Waals surface area (Å²) < 4.78 is 6.00. The summed E-state index contributed by atoms with van der Waals surface area (Å²) in [5, 5.41) is 12.1. The Morgan fingerprint density at radius 1 is 1.67 bits per heavy atom. The van der Waals surface area contributed by atoms with Gasteiger partial charge in [0.25, 0.3) is 0 Å². The van der Waals surface area contributed by atoms with Gasteiger partial charge in [-0.3, -0.25) is 0 Å². The number of ether oxygens (including phenoxy) is 1. The van der Waals surface area contributed by atoms with Gasteiger partial charge in [0.15, 0.2) is 0 Å². The molecule has 0 aliphatic rings. The van der Waals surface area contributed by atoms with Gasteiger partial charge in [-0.15, -0.1) is 0 Å². The summed E-state index contributed by atoms with van der Waals surface area (Å²) in [5.74, 6) is 0.779. The van der Waals surface area contributed by atoms with E-state index in [9.17, 15) is 0 Å². The summed E-state index contributed by atoms with van der Waals surface area (Å²) in [4.78, 5) is 8.02. The lowest BCUT2D eigenvalue weighted by molar-refractivity contribution is 0.170. The third-order valence-electron chi connectivity index (χ3n) is 1.85. The van der Waals surface area contributed by atoms with E-state index in [1.165, 1.54) is 6.33 Å². The Hall–Kier alpha value is -0.470. The first-order chi connectivity index (χ1) is 7.27. The van der Waals surface area contributed by atoms with Crippen molar-refractivity contribution in [2.75, 3.05) is 25.6 Å². The van der Waals surface area contributed by atoms with Gasteiger partial charge in [-0.2, -0.15) is 0 Å². The Balaban J connectivity index is 2.60. The fourth-order valence-corrected chi connectivity index (χ4v) is 1.62. The second-order valence-electron chi connectivity index (χ2n) is 3.03. The fraction of sp³-hybridized carbons (Fsp3) is 0.556. The highest BCUT2D eigenvalue weighted by Crippen LogP contribution is 2.14. The van der Waals surface area contributed by atoms with Crippen LogP contribution in [0.2, 0.25) is 0 Å².